The molecule has 94 valence electrons. The standard InChI is InChI=1S/C15H13N3S/c1-16-15(19)17-12-7-6-11-8-10-4-2-3-5-13(10)18-14(11)9-12/h2-9H,1H3,(H2,16,17,19). The maximum Gasteiger partial charge on any atom is 0.170 e. The zero-order valence-electron chi connectivity index (χ0n) is 10.5. The lowest BCUT2D eigenvalue weighted by Gasteiger charge is -2.08. The van der Waals surface area contributed by atoms with E-state index < -0.39 is 0 Å². The summed E-state index contributed by atoms with van der Waals surface area (Å²) in [6.45, 7) is 0. The van der Waals surface area contributed by atoms with Crippen molar-refractivity contribution in [1.82, 2.24) is 10.3 Å². The molecule has 19 heavy (non-hydrogen) atoms. The molecule has 0 saturated heterocycles. The first-order chi connectivity index (χ1) is 9.26. The fraction of sp³-hybridized carbons (Fsp3) is 0.0667. The molecule has 3 aromatic rings. The van der Waals surface area contributed by atoms with Crippen LogP contribution in [0.5, 0.6) is 0 Å². The van der Waals surface area contributed by atoms with Gasteiger partial charge in [-0.1, -0.05) is 24.3 Å². The summed E-state index contributed by atoms with van der Waals surface area (Å²) in [6.07, 6.45) is 0. The minimum Gasteiger partial charge on any atom is -0.366 e. The predicted molar refractivity (Wildman–Crippen MR) is 84.5 cm³/mol. The van der Waals surface area contributed by atoms with E-state index in [1.165, 1.54) is 0 Å². The van der Waals surface area contributed by atoms with Gasteiger partial charge < -0.3 is 10.6 Å². The second-order valence-corrected chi connectivity index (χ2v) is 4.70. The molecule has 0 aliphatic carbocycles. The smallest absolute Gasteiger partial charge is 0.170 e. The first-order valence-corrected chi connectivity index (χ1v) is 6.45. The molecule has 0 fully saturated rings. The highest BCUT2D eigenvalue weighted by Gasteiger charge is 2.01. The van der Waals surface area contributed by atoms with Gasteiger partial charge in [-0.15, -0.1) is 0 Å². The molecule has 0 unspecified atom stereocenters. The maximum atomic E-state index is 5.09. The molecule has 0 bridgehead atoms. The van der Waals surface area contributed by atoms with Crippen LogP contribution in [0.25, 0.3) is 21.8 Å². The number of pyridine rings is 1. The van der Waals surface area contributed by atoms with Gasteiger partial charge in [-0.25, -0.2) is 4.98 Å². The van der Waals surface area contributed by atoms with Crippen molar-refractivity contribution < 1.29 is 0 Å². The van der Waals surface area contributed by atoms with Crippen molar-refractivity contribution in [1.29, 1.82) is 0 Å². The average molecular weight is 267 g/mol. The van der Waals surface area contributed by atoms with Crippen molar-refractivity contribution in [3.05, 3.63) is 48.5 Å². The number of thiocarbonyl (C=S) groups is 1. The van der Waals surface area contributed by atoms with Crippen LogP contribution >= 0.6 is 12.2 Å². The van der Waals surface area contributed by atoms with Gasteiger partial charge in [-0.05, 0) is 36.5 Å². The fourth-order valence-corrected chi connectivity index (χ4v) is 2.16. The summed E-state index contributed by atoms with van der Waals surface area (Å²) in [5.41, 5.74) is 2.90. The molecule has 4 heteroatoms. The van der Waals surface area contributed by atoms with E-state index in [2.05, 4.69) is 33.8 Å². The summed E-state index contributed by atoms with van der Waals surface area (Å²) in [5.74, 6) is 0. The van der Waals surface area contributed by atoms with Crippen LogP contribution in [0.2, 0.25) is 0 Å². The van der Waals surface area contributed by atoms with Crippen LogP contribution in [0.4, 0.5) is 5.69 Å². The number of para-hydroxylation sites is 1. The number of nitrogens with zero attached hydrogens (tertiary/aromatic N) is 1. The topological polar surface area (TPSA) is 37.0 Å². The van der Waals surface area contributed by atoms with Crippen molar-refractivity contribution in [2.24, 2.45) is 0 Å². The third-order valence-electron chi connectivity index (χ3n) is 3.00. The Kier molecular flexibility index (Phi) is 3.01. The third-order valence-corrected chi connectivity index (χ3v) is 3.31. The molecule has 2 N–H and O–H groups in total. The maximum absolute atomic E-state index is 5.09. The third kappa shape index (κ3) is 2.35. The number of benzene rings is 2. The van der Waals surface area contributed by atoms with Crippen LogP contribution in [0.15, 0.2) is 48.5 Å². The minimum absolute atomic E-state index is 0.597. The summed E-state index contributed by atoms with van der Waals surface area (Å²) in [4.78, 5) is 4.67. The van der Waals surface area contributed by atoms with E-state index in [1.54, 1.807) is 7.05 Å². The Morgan fingerprint density at radius 2 is 1.79 bits per heavy atom. The van der Waals surface area contributed by atoms with Crippen molar-refractivity contribution >= 4 is 44.8 Å². The first-order valence-electron chi connectivity index (χ1n) is 6.04. The summed E-state index contributed by atoms with van der Waals surface area (Å²) >= 11 is 5.09. The van der Waals surface area contributed by atoms with Gasteiger partial charge in [0.1, 0.15) is 0 Å². The van der Waals surface area contributed by atoms with Crippen LogP contribution in [-0.2, 0) is 0 Å². The molecule has 0 spiro atoms. The zero-order chi connectivity index (χ0) is 13.2. The van der Waals surface area contributed by atoms with Crippen LogP contribution in [0, 0.1) is 0 Å². The lowest BCUT2D eigenvalue weighted by molar-refractivity contribution is 1.20. The highest BCUT2D eigenvalue weighted by Crippen LogP contribution is 2.22. The molecule has 1 heterocycles. The number of hydrogen-bond acceptors (Lipinski definition) is 2. The van der Waals surface area contributed by atoms with E-state index in [4.69, 9.17) is 12.2 Å². The van der Waals surface area contributed by atoms with Gasteiger partial charge in [-0.3, -0.25) is 0 Å². The lowest BCUT2D eigenvalue weighted by Crippen LogP contribution is -2.24. The Balaban J connectivity index is 2.11. The van der Waals surface area contributed by atoms with Gasteiger partial charge in [0.05, 0.1) is 11.0 Å². The molecule has 2 aromatic carbocycles. The van der Waals surface area contributed by atoms with E-state index in [1.807, 2.05) is 30.3 Å². The van der Waals surface area contributed by atoms with Gasteiger partial charge in [-0.2, -0.15) is 0 Å². The first kappa shape index (κ1) is 11.9. The van der Waals surface area contributed by atoms with Crippen molar-refractivity contribution in [3.8, 4) is 0 Å². The Morgan fingerprint density at radius 1 is 1.00 bits per heavy atom. The predicted octanol–water partition coefficient (Wildman–Crippen LogP) is 3.30. The fourth-order valence-electron chi connectivity index (χ4n) is 2.04. The Hall–Kier alpha value is -2.20. The molecule has 0 atom stereocenters. The number of fused-ring (bicyclic) bond motifs is 2. The van der Waals surface area contributed by atoms with Crippen LogP contribution < -0.4 is 10.6 Å². The Bertz CT molecular complexity index is 768. The van der Waals surface area contributed by atoms with Gasteiger partial charge in [0, 0.05) is 23.5 Å². The van der Waals surface area contributed by atoms with E-state index in [-0.39, 0.29) is 0 Å². The summed E-state index contributed by atoms with van der Waals surface area (Å²) in [7, 11) is 1.79. The van der Waals surface area contributed by atoms with Crippen molar-refractivity contribution in [2.75, 3.05) is 12.4 Å². The molecule has 0 aliphatic heterocycles. The van der Waals surface area contributed by atoms with Crippen LogP contribution in [0.3, 0.4) is 0 Å². The molecular weight excluding hydrogens is 254 g/mol. The second-order valence-electron chi connectivity index (χ2n) is 4.29. The number of anilines is 1. The largest absolute Gasteiger partial charge is 0.366 e. The number of hydrogen-bond donors (Lipinski definition) is 2. The van der Waals surface area contributed by atoms with Crippen molar-refractivity contribution in [2.45, 2.75) is 0 Å². The van der Waals surface area contributed by atoms with Crippen LogP contribution in [-0.4, -0.2) is 17.1 Å². The zero-order valence-corrected chi connectivity index (χ0v) is 11.3. The molecule has 0 radical (unpaired) electrons. The summed E-state index contributed by atoms with van der Waals surface area (Å²) in [5, 5.41) is 8.88. The Morgan fingerprint density at radius 3 is 2.63 bits per heavy atom. The van der Waals surface area contributed by atoms with E-state index in [9.17, 15) is 0 Å². The van der Waals surface area contributed by atoms with E-state index >= 15 is 0 Å². The van der Waals surface area contributed by atoms with E-state index in [0.717, 1.165) is 27.5 Å². The summed E-state index contributed by atoms with van der Waals surface area (Å²) in [6, 6.07) is 16.3. The molecule has 3 nitrogen and oxygen atoms in total. The SMILES string of the molecule is CNC(=S)Nc1ccc2cc3ccccc3nc2c1. The molecule has 1 aromatic heterocycles. The highest BCUT2D eigenvalue weighted by atomic mass is 32.1. The molecule has 3 rings (SSSR count). The number of aromatic nitrogens is 1. The number of rotatable bonds is 1. The monoisotopic (exact) mass is 267 g/mol. The van der Waals surface area contributed by atoms with Gasteiger partial charge in [0.25, 0.3) is 0 Å². The molecule has 0 saturated carbocycles. The normalized spacial score (nSPS) is 10.6. The minimum atomic E-state index is 0.597. The lowest BCUT2D eigenvalue weighted by atomic mass is 10.1. The molecule has 0 amide bonds. The molecular formula is C15H13N3S. The van der Waals surface area contributed by atoms with Gasteiger partial charge in [0.15, 0.2) is 5.11 Å². The quantitative estimate of drug-likeness (QED) is 0.524. The summed E-state index contributed by atoms with van der Waals surface area (Å²) < 4.78 is 0. The molecule has 0 aliphatic rings. The van der Waals surface area contributed by atoms with E-state index in [0.29, 0.717) is 5.11 Å². The van der Waals surface area contributed by atoms with Gasteiger partial charge in [0.2, 0.25) is 0 Å². The average Bonchev–Trinajstić information content (AvgIpc) is 2.45. The highest BCUT2D eigenvalue weighted by molar-refractivity contribution is 7.80. The Labute approximate surface area is 116 Å². The van der Waals surface area contributed by atoms with Crippen LogP contribution in [0.1, 0.15) is 0 Å². The number of nitrogens with one attached hydrogen (secondary N) is 2. The van der Waals surface area contributed by atoms with Crippen molar-refractivity contribution in [3.63, 3.8) is 0 Å². The van der Waals surface area contributed by atoms with Gasteiger partial charge >= 0.3 is 0 Å². The second kappa shape index (κ2) is 4.82.